The van der Waals surface area contributed by atoms with Crippen molar-refractivity contribution in [3.63, 3.8) is 0 Å². The number of hydrogen-bond acceptors (Lipinski definition) is 3. The monoisotopic (exact) mass is 273 g/mol. The number of fused-ring (bicyclic) bond motifs is 1. The van der Waals surface area contributed by atoms with E-state index in [2.05, 4.69) is 4.74 Å². The number of methoxy groups -OCH3 is 1. The van der Waals surface area contributed by atoms with E-state index in [9.17, 15) is 22.8 Å². The summed E-state index contributed by atoms with van der Waals surface area (Å²) in [5.74, 6) is -3.52. The fraction of sp³-hybridized carbons (Fsp3) is 0.333. The van der Waals surface area contributed by atoms with Gasteiger partial charge in [-0.2, -0.15) is 13.2 Å². The van der Waals surface area contributed by atoms with Crippen LogP contribution >= 0.6 is 0 Å². The van der Waals surface area contributed by atoms with Gasteiger partial charge in [0.1, 0.15) is 5.92 Å². The normalized spacial score (nSPS) is 18.1. The predicted octanol–water partition coefficient (Wildman–Crippen LogP) is 1.85. The Labute approximate surface area is 106 Å². The van der Waals surface area contributed by atoms with E-state index >= 15 is 0 Å². The molecule has 1 heterocycles. The molecule has 102 valence electrons. The molecule has 1 aromatic carbocycles. The number of hydrogen-bond donors (Lipinski definition) is 0. The molecule has 0 bridgehead atoms. The van der Waals surface area contributed by atoms with Gasteiger partial charge in [-0.15, -0.1) is 0 Å². The standard InChI is InChI=1S/C12H10F3NO3/c1-19-10(17)8-6-16(11(18)12(13,14)15)9-5-3-2-4-7(8)9/h2-5,8H,6H2,1H3/t8-/m1/s1. The van der Waals surface area contributed by atoms with Gasteiger partial charge in [0, 0.05) is 12.2 Å². The molecule has 0 saturated heterocycles. The summed E-state index contributed by atoms with van der Waals surface area (Å²) in [4.78, 5) is 23.5. The molecule has 19 heavy (non-hydrogen) atoms. The molecular formula is C12H10F3NO3. The first-order chi connectivity index (χ1) is 8.86. The fourth-order valence-corrected chi connectivity index (χ4v) is 2.10. The van der Waals surface area contributed by atoms with Crippen molar-refractivity contribution in [2.24, 2.45) is 0 Å². The fourth-order valence-electron chi connectivity index (χ4n) is 2.10. The lowest BCUT2D eigenvalue weighted by Gasteiger charge is -2.18. The third-order valence-electron chi connectivity index (χ3n) is 2.94. The number of ether oxygens (including phenoxy) is 1. The van der Waals surface area contributed by atoms with E-state index in [0.717, 1.165) is 7.11 Å². The summed E-state index contributed by atoms with van der Waals surface area (Å²) in [6.07, 6.45) is -4.97. The second-order valence-electron chi connectivity index (χ2n) is 4.05. The molecule has 4 nitrogen and oxygen atoms in total. The zero-order valence-corrected chi connectivity index (χ0v) is 9.90. The van der Waals surface area contributed by atoms with Crippen LogP contribution in [0.3, 0.4) is 0 Å². The first kappa shape index (κ1) is 13.4. The second kappa shape index (κ2) is 4.56. The van der Waals surface area contributed by atoms with E-state index in [1.807, 2.05) is 0 Å². The zero-order valence-electron chi connectivity index (χ0n) is 9.90. The molecule has 1 aliphatic rings. The predicted molar refractivity (Wildman–Crippen MR) is 59.6 cm³/mol. The lowest BCUT2D eigenvalue weighted by atomic mass is 10.0. The van der Waals surface area contributed by atoms with Crippen molar-refractivity contribution in [2.75, 3.05) is 18.6 Å². The molecule has 0 N–H and O–H groups in total. The number of benzene rings is 1. The largest absolute Gasteiger partial charge is 0.471 e. The molecule has 0 unspecified atom stereocenters. The second-order valence-corrected chi connectivity index (χ2v) is 4.05. The summed E-state index contributed by atoms with van der Waals surface area (Å²) < 4.78 is 42.0. The maximum absolute atomic E-state index is 12.5. The summed E-state index contributed by atoms with van der Waals surface area (Å²) in [6, 6.07) is 5.99. The third-order valence-corrected chi connectivity index (χ3v) is 2.94. The Bertz CT molecular complexity index is 527. The molecule has 1 aromatic rings. The van der Waals surface area contributed by atoms with Gasteiger partial charge >= 0.3 is 18.1 Å². The highest BCUT2D eigenvalue weighted by Crippen LogP contribution is 2.38. The maximum atomic E-state index is 12.5. The van der Waals surface area contributed by atoms with Crippen molar-refractivity contribution in [1.29, 1.82) is 0 Å². The summed E-state index contributed by atoms with van der Waals surface area (Å²) in [7, 11) is 1.15. The summed E-state index contributed by atoms with van der Waals surface area (Å²) >= 11 is 0. The van der Waals surface area contributed by atoms with Gasteiger partial charge in [-0.1, -0.05) is 18.2 Å². The molecule has 0 spiro atoms. The number of carbonyl (C=O) groups excluding carboxylic acids is 2. The van der Waals surface area contributed by atoms with Crippen molar-refractivity contribution in [2.45, 2.75) is 12.1 Å². The Morgan fingerprint density at radius 2 is 1.95 bits per heavy atom. The number of nitrogens with zero attached hydrogens (tertiary/aromatic N) is 1. The van der Waals surface area contributed by atoms with Crippen LogP contribution < -0.4 is 4.90 Å². The molecule has 1 aliphatic heterocycles. The van der Waals surface area contributed by atoms with Crippen molar-refractivity contribution in [3.05, 3.63) is 29.8 Å². The molecule has 1 atom stereocenters. The Balaban J connectivity index is 2.41. The van der Waals surface area contributed by atoms with E-state index < -0.39 is 24.0 Å². The van der Waals surface area contributed by atoms with Crippen LogP contribution in [0.4, 0.5) is 18.9 Å². The number of carbonyl (C=O) groups is 2. The minimum absolute atomic E-state index is 0.0974. The number of anilines is 1. The topological polar surface area (TPSA) is 46.6 Å². The number of halogens is 3. The number of para-hydroxylation sites is 1. The van der Waals surface area contributed by atoms with Crippen LogP contribution in [-0.2, 0) is 14.3 Å². The van der Waals surface area contributed by atoms with Crippen molar-refractivity contribution in [1.82, 2.24) is 0 Å². The Morgan fingerprint density at radius 3 is 2.53 bits per heavy atom. The molecule has 2 rings (SSSR count). The van der Waals surface area contributed by atoms with E-state index in [4.69, 9.17) is 0 Å². The van der Waals surface area contributed by atoms with Gasteiger partial charge < -0.3 is 9.64 Å². The molecule has 0 aliphatic carbocycles. The molecule has 0 saturated carbocycles. The van der Waals surface area contributed by atoms with E-state index in [0.29, 0.717) is 10.5 Å². The lowest BCUT2D eigenvalue weighted by Crippen LogP contribution is -2.41. The summed E-state index contributed by atoms with van der Waals surface area (Å²) in [5.41, 5.74) is 0.465. The lowest BCUT2D eigenvalue weighted by molar-refractivity contribution is -0.170. The van der Waals surface area contributed by atoms with Gasteiger partial charge in [0.15, 0.2) is 0 Å². The smallest absolute Gasteiger partial charge is 0.468 e. The number of amides is 1. The Hall–Kier alpha value is -2.05. The maximum Gasteiger partial charge on any atom is 0.471 e. The molecule has 1 amide bonds. The van der Waals surface area contributed by atoms with Gasteiger partial charge in [0.2, 0.25) is 0 Å². The highest BCUT2D eigenvalue weighted by molar-refractivity contribution is 6.01. The van der Waals surface area contributed by atoms with Crippen LogP contribution in [0.25, 0.3) is 0 Å². The number of esters is 1. The highest BCUT2D eigenvalue weighted by Gasteiger charge is 2.47. The van der Waals surface area contributed by atoms with Crippen molar-refractivity contribution < 1.29 is 27.5 Å². The molecule has 0 aromatic heterocycles. The van der Waals surface area contributed by atoms with E-state index in [-0.39, 0.29) is 12.2 Å². The highest BCUT2D eigenvalue weighted by atomic mass is 19.4. The SMILES string of the molecule is COC(=O)[C@@H]1CN(C(=O)C(F)(F)F)c2ccccc21. The number of rotatable bonds is 1. The average Bonchev–Trinajstić information content (AvgIpc) is 2.75. The zero-order chi connectivity index (χ0) is 14.2. The first-order valence-electron chi connectivity index (χ1n) is 5.41. The minimum Gasteiger partial charge on any atom is -0.468 e. The molecule has 7 heteroatoms. The van der Waals surface area contributed by atoms with Crippen LogP contribution in [-0.4, -0.2) is 31.7 Å². The van der Waals surface area contributed by atoms with Gasteiger partial charge in [-0.05, 0) is 11.6 Å². The van der Waals surface area contributed by atoms with Crippen LogP contribution in [0.15, 0.2) is 24.3 Å². The van der Waals surface area contributed by atoms with Gasteiger partial charge in [0.25, 0.3) is 0 Å². The van der Waals surface area contributed by atoms with Crippen LogP contribution in [0.2, 0.25) is 0 Å². The van der Waals surface area contributed by atoms with Gasteiger partial charge in [0.05, 0.1) is 7.11 Å². The van der Waals surface area contributed by atoms with Crippen LogP contribution in [0, 0.1) is 0 Å². The van der Waals surface area contributed by atoms with Crippen LogP contribution in [0.1, 0.15) is 11.5 Å². The average molecular weight is 273 g/mol. The summed E-state index contributed by atoms with van der Waals surface area (Å²) in [6.45, 7) is -0.357. The van der Waals surface area contributed by atoms with Crippen molar-refractivity contribution in [3.8, 4) is 0 Å². The molecular weight excluding hydrogens is 263 g/mol. The number of alkyl halides is 3. The van der Waals surface area contributed by atoms with Crippen LogP contribution in [0.5, 0.6) is 0 Å². The minimum atomic E-state index is -4.97. The Kier molecular flexibility index (Phi) is 3.21. The molecule has 0 radical (unpaired) electrons. The molecule has 0 fully saturated rings. The quantitative estimate of drug-likeness (QED) is 0.734. The van der Waals surface area contributed by atoms with Crippen molar-refractivity contribution >= 4 is 17.6 Å². The van der Waals surface area contributed by atoms with Gasteiger partial charge in [-0.25, -0.2) is 0 Å². The third kappa shape index (κ3) is 2.27. The van der Waals surface area contributed by atoms with E-state index in [1.54, 1.807) is 6.07 Å². The summed E-state index contributed by atoms with van der Waals surface area (Å²) in [5, 5.41) is 0. The van der Waals surface area contributed by atoms with E-state index in [1.165, 1.54) is 18.2 Å². The first-order valence-corrected chi connectivity index (χ1v) is 5.41. The van der Waals surface area contributed by atoms with Gasteiger partial charge in [-0.3, -0.25) is 9.59 Å². The Morgan fingerprint density at radius 1 is 1.32 bits per heavy atom.